The summed E-state index contributed by atoms with van der Waals surface area (Å²) in [6, 6.07) is 3.24. The van der Waals surface area contributed by atoms with Crippen LogP contribution in [0.4, 0.5) is 0 Å². The van der Waals surface area contributed by atoms with Crippen molar-refractivity contribution in [3.63, 3.8) is 0 Å². The van der Waals surface area contributed by atoms with Gasteiger partial charge in [0.1, 0.15) is 4.90 Å². The second kappa shape index (κ2) is 6.20. The molecule has 112 valence electrons. The molecule has 20 heavy (non-hydrogen) atoms. The monoisotopic (exact) mass is 297 g/mol. The van der Waals surface area contributed by atoms with Crippen LogP contribution in [0.5, 0.6) is 0 Å². The van der Waals surface area contributed by atoms with Crippen molar-refractivity contribution in [3.05, 3.63) is 24.0 Å². The molecular weight excluding hydrogens is 274 g/mol. The first kappa shape index (κ1) is 15.4. The third-order valence-electron chi connectivity index (χ3n) is 3.82. The summed E-state index contributed by atoms with van der Waals surface area (Å²) in [4.78, 5) is 4.25. The van der Waals surface area contributed by atoms with E-state index in [-0.39, 0.29) is 10.9 Å². The van der Waals surface area contributed by atoms with Gasteiger partial charge in [-0.1, -0.05) is 13.8 Å². The zero-order valence-electron chi connectivity index (χ0n) is 12.0. The van der Waals surface area contributed by atoms with E-state index in [4.69, 9.17) is 5.73 Å². The third-order valence-corrected chi connectivity index (χ3v) is 5.32. The summed E-state index contributed by atoms with van der Waals surface area (Å²) < 4.78 is 27.5. The van der Waals surface area contributed by atoms with Crippen molar-refractivity contribution in [2.75, 3.05) is 0 Å². The van der Waals surface area contributed by atoms with Crippen LogP contribution in [0, 0.1) is 11.8 Å². The van der Waals surface area contributed by atoms with E-state index in [1.54, 1.807) is 12.1 Å². The van der Waals surface area contributed by atoms with Gasteiger partial charge in [0.25, 0.3) is 0 Å². The summed E-state index contributed by atoms with van der Waals surface area (Å²) in [6.45, 7) is 4.66. The molecule has 1 aliphatic carbocycles. The van der Waals surface area contributed by atoms with Crippen LogP contribution >= 0.6 is 0 Å². The number of nitrogens with two attached hydrogens (primary N) is 1. The standard InChI is InChI=1S/C14H23N3O2S/c1-10-5-11(2)7-13(6-10)17-20(18,19)14-4-3-12(8-15)16-9-14/h3-4,9-11,13,17H,5-8,15H2,1-2H3. The van der Waals surface area contributed by atoms with Gasteiger partial charge in [-0.3, -0.25) is 4.98 Å². The lowest BCUT2D eigenvalue weighted by molar-refractivity contribution is 0.257. The van der Waals surface area contributed by atoms with Crippen molar-refractivity contribution in [2.24, 2.45) is 17.6 Å². The molecule has 1 fully saturated rings. The number of hydrogen-bond donors (Lipinski definition) is 2. The van der Waals surface area contributed by atoms with Gasteiger partial charge < -0.3 is 5.73 Å². The first-order valence-electron chi connectivity index (χ1n) is 7.08. The fourth-order valence-electron chi connectivity index (χ4n) is 3.02. The molecule has 1 aromatic rings. The summed E-state index contributed by atoms with van der Waals surface area (Å²) in [5.41, 5.74) is 6.15. The lowest BCUT2D eigenvalue weighted by Crippen LogP contribution is -2.40. The van der Waals surface area contributed by atoms with E-state index < -0.39 is 10.0 Å². The quantitative estimate of drug-likeness (QED) is 0.885. The van der Waals surface area contributed by atoms with Crippen LogP contribution in [0.3, 0.4) is 0 Å². The second-order valence-electron chi connectivity index (χ2n) is 5.93. The van der Waals surface area contributed by atoms with E-state index in [1.807, 2.05) is 0 Å². The van der Waals surface area contributed by atoms with E-state index in [9.17, 15) is 8.42 Å². The third kappa shape index (κ3) is 3.77. The molecule has 1 heterocycles. The molecule has 0 aliphatic heterocycles. The lowest BCUT2D eigenvalue weighted by atomic mass is 9.81. The van der Waals surface area contributed by atoms with Gasteiger partial charge in [0.05, 0.1) is 5.69 Å². The number of sulfonamides is 1. The highest BCUT2D eigenvalue weighted by molar-refractivity contribution is 7.89. The minimum atomic E-state index is -3.49. The molecule has 0 bridgehead atoms. The Morgan fingerprint density at radius 2 is 1.90 bits per heavy atom. The summed E-state index contributed by atoms with van der Waals surface area (Å²) in [5, 5.41) is 0. The van der Waals surface area contributed by atoms with E-state index in [2.05, 4.69) is 23.6 Å². The molecule has 0 aromatic carbocycles. The molecule has 5 nitrogen and oxygen atoms in total. The van der Waals surface area contributed by atoms with Gasteiger partial charge in [-0.15, -0.1) is 0 Å². The summed E-state index contributed by atoms with van der Waals surface area (Å²) >= 11 is 0. The number of rotatable bonds is 4. The number of hydrogen-bond acceptors (Lipinski definition) is 4. The Balaban J connectivity index is 2.09. The van der Waals surface area contributed by atoms with E-state index >= 15 is 0 Å². The fourth-order valence-corrected chi connectivity index (χ4v) is 4.23. The van der Waals surface area contributed by atoms with Crippen LogP contribution in [0.15, 0.2) is 23.2 Å². The molecule has 3 N–H and O–H groups in total. The zero-order chi connectivity index (χ0) is 14.8. The van der Waals surface area contributed by atoms with Gasteiger partial charge in [0.15, 0.2) is 0 Å². The van der Waals surface area contributed by atoms with Crippen LogP contribution in [0.25, 0.3) is 0 Å². The molecule has 1 saturated carbocycles. The number of nitrogens with zero attached hydrogens (tertiary/aromatic N) is 1. The molecule has 1 aliphatic rings. The topological polar surface area (TPSA) is 85.1 Å². The van der Waals surface area contributed by atoms with E-state index in [0.29, 0.717) is 24.1 Å². The fraction of sp³-hybridized carbons (Fsp3) is 0.643. The second-order valence-corrected chi connectivity index (χ2v) is 7.64. The number of pyridine rings is 1. The molecule has 0 spiro atoms. The van der Waals surface area contributed by atoms with Gasteiger partial charge in [0.2, 0.25) is 10.0 Å². The van der Waals surface area contributed by atoms with Crippen molar-refractivity contribution in [2.45, 2.75) is 50.6 Å². The molecule has 1 aromatic heterocycles. The predicted octanol–water partition coefficient (Wildman–Crippen LogP) is 1.64. The largest absolute Gasteiger partial charge is 0.325 e. The van der Waals surface area contributed by atoms with Crippen LogP contribution in [0.2, 0.25) is 0 Å². The average Bonchev–Trinajstić information content (AvgIpc) is 2.37. The van der Waals surface area contributed by atoms with Crippen molar-refractivity contribution in [3.8, 4) is 0 Å². The molecular formula is C14H23N3O2S. The Kier molecular flexibility index (Phi) is 4.78. The predicted molar refractivity (Wildman–Crippen MR) is 78.4 cm³/mol. The molecule has 0 radical (unpaired) electrons. The highest BCUT2D eigenvalue weighted by Crippen LogP contribution is 2.29. The van der Waals surface area contributed by atoms with Crippen LogP contribution < -0.4 is 10.5 Å². The highest BCUT2D eigenvalue weighted by Gasteiger charge is 2.28. The molecule has 2 atom stereocenters. The Labute approximate surface area is 121 Å². The van der Waals surface area contributed by atoms with Crippen molar-refractivity contribution in [1.82, 2.24) is 9.71 Å². The van der Waals surface area contributed by atoms with Crippen molar-refractivity contribution >= 4 is 10.0 Å². The molecule has 0 saturated heterocycles. The first-order valence-corrected chi connectivity index (χ1v) is 8.56. The van der Waals surface area contributed by atoms with E-state index in [0.717, 1.165) is 12.8 Å². The van der Waals surface area contributed by atoms with Crippen LogP contribution in [-0.4, -0.2) is 19.4 Å². The summed E-state index contributed by atoms with van der Waals surface area (Å²) in [7, 11) is -3.49. The lowest BCUT2D eigenvalue weighted by Gasteiger charge is -2.31. The van der Waals surface area contributed by atoms with Gasteiger partial charge in [-0.2, -0.15) is 0 Å². The Bertz CT molecular complexity index is 532. The minimum Gasteiger partial charge on any atom is -0.325 e. The van der Waals surface area contributed by atoms with Gasteiger partial charge in [-0.05, 0) is 43.2 Å². The smallest absolute Gasteiger partial charge is 0.242 e. The maximum atomic E-state index is 12.3. The van der Waals surface area contributed by atoms with Gasteiger partial charge in [0, 0.05) is 18.8 Å². The Morgan fingerprint density at radius 3 is 2.40 bits per heavy atom. The zero-order valence-corrected chi connectivity index (χ0v) is 12.9. The first-order chi connectivity index (χ1) is 9.40. The summed E-state index contributed by atoms with van der Waals surface area (Å²) in [5.74, 6) is 1.12. The maximum Gasteiger partial charge on any atom is 0.242 e. The minimum absolute atomic E-state index is 0.0212. The van der Waals surface area contributed by atoms with E-state index in [1.165, 1.54) is 12.6 Å². The number of nitrogens with one attached hydrogen (secondary N) is 1. The summed E-state index contributed by atoms with van der Waals surface area (Å²) in [6.07, 6.45) is 4.35. The highest BCUT2D eigenvalue weighted by atomic mass is 32.2. The van der Waals surface area contributed by atoms with Gasteiger partial charge >= 0.3 is 0 Å². The SMILES string of the molecule is CC1CC(C)CC(NS(=O)(=O)c2ccc(CN)nc2)C1. The van der Waals surface area contributed by atoms with Crippen LogP contribution in [0.1, 0.15) is 38.8 Å². The molecule has 0 amide bonds. The average molecular weight is 297 g/mol. The molecule has 2 rings (SSSR count). The van der Waals surface area contributed by atoms with Crippen LogP contribution in [-0.2, 0) is 16.6 Å². The maximum absolute atomic E-state index is 12.3. The van der Waals surface area contributed by atoms with Crippen molar-refractivity contribution < 1.29 is 8.42 Å². The molecule has 6 heteroatoms. The molecule has 2 unspecified atom stereocenters. The van der Waals surface area contributed by atoms with Crippen molar-refractivity contribution in [1.29, 1.82) is 0 Å². The number of aromatic nitrogens is 1. The normalized spacial score (nSPS) is 27.4. The Morgan fingerprint density at radius 1 is 1.25 bits per heavy atom. The Hall–Kier alpha value is -0.980. The van der Waals surface area contributed by atoms with Gasteiger partial charge in [-0.25, -0.2) is 13.1 Å².